The van der Waals surface area contributed by atoms with Gasteiger partial charge in [0, 0.05) is 6.54 Å². The molecule has 5 nitrogen and oxygen atoms in total. The largest absolute Gasteiger partial charge is 0.493 e. The van der Waals surface area contributed by atoms with Crippen molar-refractivity contribution < 1.29 is 14.6 Å². The van der Waals surface area contributed by atoms with E-state index in [0.717, 1.165) is 6.42 Å². The Morgan fingerprint density at radius 2 is 1.93 bits per heavy atom. The SMILES string of the molecule is COC(=O)c1ccccc1N=Cc1sc(=S)n(CCc2ccccc2)c1O. The minimum atomic E-state index is -0.458. The molecule has 3 aromatic rings. The number of aromatic nitrogens is 1. The molecule has 0 saturated carbocycles. The first-order valence-electron chi connectivity index (χ1n) is 8.28. The number of aliphatic imine (C=N–C) groups is 1. The van der Waals surface area contributed by atoms with E-state index in [1.165, 1.54) is 30.2 Å². The van der Waals surface area contributed by atoms with Crippen molar-refractivity contribution in [2.45, 2.75) is 13.0 Å². The summed E-state index contributed by atoms with van der Waals surface area (Å²) in [5.41, 5.74) is 2.01. The number of rotatable bonds is 6. The van der Waals surface area contributed by atoms with Gasteiger partial charge in [-0.15, -0.1) is 0 Å². The topological polar surface area (TPSA) is 63.8 Å². The number of methoxy groups -OCH3 is 1. The van der Waals surface area contributed by atoms with Gasteiger partial charge < -0.3 is 9.84 Å². The van der Waals surface area contributed by atoms with E-state index in [1.807, 2.05) is 30.3 Å². The van der Waals surface area contributed by atoms with Crippen molar-refractivity contribution in [3.63, 3.8) is 0 Å². The predicted molar refractivity (Wildman–Crippen MR) is 110 cm³/mol. The number of nitrogens with zero attached hydrogens (tertiary/aromatic N) is 2. The fourth-order valence-electron chi connectivity index (χ4n) is 2.58. The fourth-order valence-corrected chi connectivity index (χ4v) is 3.81. The van der Waals surface area contributed by atoms with Crippen LogP contribution in [0.2, 0.25) is 0 Å². The summed E-state index contributed by atoms with van der Waals surface area (Å²) in [6.45, 7) is 0.581. The molecule has 3 rings (SSSR count). The van der Waals surface area contributed by atoms with Crippen molar-refractivity contribution in [1.29, 1.82) is 0 Å². The zero-order valence-corrected chi connectivity index (χ0v) is 16.3. The molecule has 0 atom stereocenters. The molecular weight excluding hydrogens is 380 g/mol. The summed E-state index contributed by atoms with van der Waals surface area (Å²) in [5.74, 6) is -0.375. The van der Waals surface area contributed by atoms with Gasteiger partial charge in [-0.05, 0) is 36.3 Å². The number of carbonyl (C=O) groups is 1. The molecule has 0 spiro atoms. The maximum atomic E-state index is 11.8. The van der Waals surface area contributed by atoms with Gasteiger partial charge in [0.15, 0.2) is 3.95 Å². The minimum absolute atomic E-state index is 0.0835. The van der Waals surface area contributed by atoms with E-state index >= 15 is 0 Å². The lowest BCUT2D eigenvalue weighted by Crippen LogP contribution is -2.01. The number of hydrogen-bond donors (Lipinski definition) is 1. The highest BCUT2D eigenvalue weighted by atomic mass is 32.1. The van der Waals surface area contributed by atoms with Crippen molar-refractivity contribution in [1.82, 2.24) is 4.57 Å². The van der Waals surface area contributed by atoms with Crippen LogP contribution >= 0.6 is 23.6 Å². The molecule has 0 unspecified atom stereocenters. The van der Waals surface area contributed by atoms with Crippen LogP contribution in [0.5, 0.6) is 5.88 Å². The van der Waals surface area contributed by atoms with E-state index in [4.69, 9.17) is 17.0 Å². The number of hydrogen-bond acceptors (Lipinski definition) is 6. The average Bonchev–Trinajstić information content (AvgIpc) is 2.98. The van der Waals surface area contributed by atoms with Gasteiger partial charge in [-0.3, -0.25) is 9.56 Å². The van der Waals surface area contributed by atoms with Gasteiger partial charge in [-0.25, -0.2) is 4.79 Å². The Morgan fingerprint density at radius 1 is 1.22 bits per heavy atom. The van der Waals surface area contributed by atoms with E-state index < -0.39 is 5.97 Å². The number of ether oxygens (including phenoxy) is 1. The van der Waals surface area contributed by atoms with Crippen LogP contribution in [0.25, 0.3) is 0 Å². The standard InChI is InChI=1S/C20H18N2O3S2/c1-25-19(24)15-9-5-6-10-16(15)21-13-17-18(23)22(20(26)27-17)12-11-14-7-3-2-4-8-14/h2-10,13,23H,11-12H2,1H3. The molecule has 0 aliphatic heterocycles. The predicted octanol–water partition coefficient (Wildman–Crippen LogP) is 4.76. The van der Waals surface area contributed by atoms with Crippen LogP contribution < -0.4 is 0 Å². The van der Waals surface area contributed by atoms with Gasteiger partial charge in [0.1, 0.15) is 4.88 Å². The number of aryl methyl sites for hydroxylation is 1. The third-order valence-electron chi connectivity index (χ3n) is 3.99. The second kappa shape index (κ2) is 8.75. The molecule has 0 saturated heterocycles. The van der Waals surface area contributed by atoms with Crippen molar-refractivity contribution in [3.05, 3.63) is 74.6 Å². The number of thiazole rings is 1. The third kappa shape index (κ3) is 4.50. The molecule has 0 aliphatic carbocycles. The molecule has 0 fully saturated rings. The maximum Gasteiger partial charge on any atom is 0.340 e. The normalized spacial score (nSPS) is 11.0. The highest BCUT2D eigenvalue weighted by Gasteiger charge is 2.12. The van der Waals surface area contributed by atoms with E-state index in [9.17, 15) is 9.90 Å². The molecule has 1 heterocycles. The first-order chi connectivity index (χ1) is 13.1. The molecule has 0 radical (unpaired) electrons. The molecule has 2 aromatic carbocycles. The highest BCUT2D eigenvalue weighted by molar-refractivity contribution is 7.73. The molecule has 138 valence electrons. The number of benzene rings is 2. The summed E-state index contributed by atoms with van der Waals surface area (Å²) in [7, 11) is 1.33. The summed E-state index contributed by atoms with van der Waals surface area (Å²) >= 11 is 6.66. The lowest BCUT2D eigenvalue weighted by Gasteiger charge is -2.05. The Morgan fingerprint density at radius 3 is 2.67 bits per heavy atom. The first kappa shape index (κ1) is 19.0. The fraction of sp³-hybridized carbons (Fsp3) is 0.150. The first-order valence-corrected chi connectivity index (χ1v) is 9.50. The van der Waals surface area contributed by atoms with Gasteiger partial charge in [0.2, 0.25) is 5.88 Å². The average molecular weight is 399 g/mol. The van der Waals surface area contributed by atoms with Crippen LogP contribution in [0.15, 0.2) is 59.6 Å². The Kier molecular flexibility index (Phi) is 6.16. The zero-order valence-electron chi connectivity index (χ0n) is 14.7. The van der Waals surface area contributed by atoms with Gasteiger partial charge in [-0.2, -0.15) is 0 Å². The number of aromatic hydroxyl groups is 1. The van der Waals surface area contributed by atoms with Crippen LogP contribution in [0.4, 0.5) is 5.69 Å². The van der Waals surface area contributed by atoms with Gasteiger partial charge in [-0.1, -0.05) is 53.8 Å². The Hall–Kier alpha value is -2.77. The quantitative estimate of drug-likeness (QED) is 0.369. The second-order valence-corrected chi connectivity index (χ2v) is 7.39. The van der Waals surface area contributed by atoms with Crippen molar-refractivity contribution in [2.75, 3.05) is 7.11 Å². The third-order valence-corrected chi connectivity index (χ3v) is 5.36. The van der Waals surface area contributed by atoms with E-state index in [-0.39, 0.29) is 5.88 Å². The van der Waals surface area contributed by atoms with Gasteiger partial charge >= 0.3 is 5.97 Å². The molecule has 0 bridgehead atoms. The number of carbonyl (C=O) groups excluding carboxylic acids is 1. The summed E-state index contributed by atoms with van der Waals surface area (Å²) in [4.78, 5) is 16.7. The minimum Gasteiger partial charge on any atom is -0.493 e. The Bertz CT molecular complexity index is 1020. The Balaban J connectivity index is 1.82. The van der Waals surface area contributed by atoms with Crippen molar-refractivity contribution in [3.8, 4) is 5.88 Å². The molecule has 7 heteroatoms. The van der Waals surface area contributed by atoms with E-state index in [1.54, 1.807) is 28.8 Å². The van der Waals surface area contributed by atoms with Crippen molar-refractivity contribution in [2.24, 2.45) is 4.99 Å². The van der Waals surface area contributed by atoms with Gasteiger partial charge in [0.25, 0.3) is 0 Å². The van der Waals surface area contributed by atoms with Crippen LogP contribution in [0.3, 0.4) is 0 Å². The van der Waals surface area contributed by atoms with Crippen LogP contribution in [-0.2, 0) is 17.7 Å². The van der Waals surface area contributed by atoms with Crippen molar-refractivity contribution >= 4 is 41.4 Å². The van der Waals surface area contributed by atoms with E-state index in [0.29, 0.717) is 26.6 Å². The molecule has 1 aromatic heterocycles. The lowest BCUT2D eigenvalue weighted by molar-refractivity contribution is 0.0601. The van der Waals surface area contributed by atoms with Crippen LogP contribution in [0, 0.1) is 3.95 Å². The summed E-state index contributed by atoms with van der Waals surface area (Å²) in [6, 6.07) is 16.9. The second-order valence-electron chi connectivity index (χ2n) is 5.71. The molecule has 1 N–H and O–H groups in total. The molecular formula is C20H18N2O3S2. The van der Waals surface area contributed by atoms with Crippen LogP contribution in [0.1, 0.15) is 20.8 Å². The maximum absolute atomic E-state index is 11.8. The Labute approximate surface area is 166 Å². The summed E-state index contributed by atoms with van der Waals surface area (Å²) in [6.07, 6.45) is 2.29. The number of para-hydroxylation sites is 1. The van der Waals surface area contributed by atoms with Crippen LogP contribution in [-0.4, -0.2) is 29.0 Å². The van der Waals surface area contributed by atoms with Gasteiger partial charge in [0.05, 0.1) is 24.6 Å². The smallest absolute Gasteiger partial charge is 0.340 e. The monoisotopic (exact) mass is 398 g/mol. The summed E-state index contributed by atoms with van der Waals surface area (Å²) < 4.78 is 7.04. The molecule has 0 amide bonds. The zero-order chi connectivity index (χ0) is 19.2. The molecule has 0 aliphatic rings. The lowest BCUT2D eigenvalue weighted by atomic mass is 10.1. The summed E-state index contributed by atoms with van der Waals surface area (Å²) in [5, 5.41) is 10.5. The molecule has 27 heavy (non-hydrogen) atoms. The highest BCUT2D eigenvalue weighted by Crippen LogP contribution is 2.26. The number of esters is 1. The van der Waals surface area contributed by atoms with E-state index in [2.05, 4.69) is 4.99 Å².